The zero-order valence-electron chi connectivity index (χ0n) is 38.8. The fourth-order valence-electron chi connectivity index (χ4n) is 6.84. The van der Waals surface area contributed by atoms with Crippen LogP contribution < -0.4 is 10.6 Å². The van der Waals surface area contributed by atoms with Crippen LogP contribution in [0.3, 0.4) is 0 Å². The summed E-state index contributed by atoms with van der Waals surface area (Å²) in [4.78, 5) is 39.4. The molecule has 0 aromatic rings. The second kappa shape index (κ2) is 39.6. The van der Waals surface area contributed by atoms with E-state index in [9.17, 15) is 14.4 Å². The van der Waals surface area contributed by atoms with Crippen LogP contribution >= 0.6 is 0 Å². The van der Waals surface area contributed by atoms with Crippen LogP contribution in [0.15, 0.2) is 48.6 Å². The molecule has 336 valence electrons. The Morgan fingerprint density at radius 2 is 0.845 bits per heavy atom. The maximum Gasteiger partial charge on any atom is 0.407 e. The molecule has 0 aliphatic rings. The molecule has 7 nitrogen and oxygen atoms in total. The monoisotopic (exact) mass is 813 g/mol. The van der Waals surface area contributed by atoms with E-state index in [-0.39, 0.29) is 18.3 Å². The Hall–Kier alpha value is -2.83. The van der Waals surface area contributed by atoms with Crippen LogP contribution in [-0.2, 0) is 19.1 Å². The van der Waals surface area contributed by atoms with Gasteiger partial charge in [-0.25, -0.2) is 4.79 Å². The zero-order chi connectivity index (χ0) is 42.8. The number of rotatable bonds is 39. The summed E-state index contributed by atoms with van der Waals surface area (Å²) in [5.74, 6) is -0.525. The highest BCUT2D eigenvalue weighted by molar-refractivity contribution is 5.88. The molecule has 0 aromatic carbocycles. The summed E-state index contributed by atoms with van der Waals surface area (Å²) in [5.41, 5.74) is -1.74. The molecule has 0 aliphatic heterocycles. The van der Waals surface area contributed by atoms with Gasteiger partial charge in [-0.05, 0) is 124 Å². The van der Waals surface area contributed by atoms with E-state index >= 15 is 0 Å². The number of carbonyl (C=O) groups is 3. The normalized spacial score (nSPS) is 12.4. The van der Waals surface area contributed by atoms with Gasteiger partial charge in [-0.3, -0.25) is 9.59 Å². The third-order valence-electron chi connectivity index (χ3n) is 10.3. The van der Waals surface area contributed by atoms with Crippen LogP contribution in [0.25, 0.3) is 0 Å². The van der Waals surface area contributed by atoms with Gasteiger partial charge in [0.1, 0.15) is 5.60 Å². The molecule has 0 saturated carbocycles. The number of esters is 1. The zero-order valence-corrected chi connectivity index (χ0v) is 38.8. The summed E-state index contributed by atoms with van der Waals surface area (Å²) in [6.45, 7) is 12.9. The lowest BCUT2D eigenvalue weighted by Crippen LogP contribution is -2.50. The Bertz CT molecular complexity index is 1050. The minimum atomic E-state index is -1.16. The average molecular weight is 813 g/mol. The fourth-order valence-corrected chi connectivity index (χ4v) is 6.84. The van der Waals surface area contributed by atoms with E-state index in [4.69, 9.17) is 9.47 Å². The highest BCUT2D eigenvalue weighted by atomic mass is 16.6. The molecule has 0 heterocycles. The molecule has 0 rings (SSSR count). The predicted octanol–water partition coefficient (Wildman–Crippen LogP) is 14.9. The first kappa shape index (κ1) is 55.2. The Morgan fingerprint density at radius 1 is 0.448 bits per heavy atom. The van der Waals surface area contributed by atoms with E-state index in [0.717, 1.165) is 77.0 Å². The van der Waals surface area contributed by atoms with Crippen LogP contribution in [0.5, 0.6) is 0 Å². The summed E-state index contributed by atoms with van der Waals surface area (Å²) in [6, 6.07) is 0. The Kier molecular flexibility index (Phi) is 37.7. The largest absolute Gasteiger partial charge is 0.449 e. The van der Waals surface area contributed by atoms with Crippen molar-refractivity contribution in [1.82, 2.24) is 10.6 Å². The first-order valence-electron chi connectivity index (χ1n) is 24.2. The standard InChI is InChI=1S/C51H92N2O5/c1-7-10-13-15-17-19-21-23-25-27-29-31-33-35-37-39-43-51(48(55)52-45-12-9-3,57-47(54)42-41-46-53-49(56)58-50(4,5)6)44-40-38-36-34-32-30-28-26-24-22-20-18-16-14-11-8-2/h17-20,23-26H,7-16,21-22,27-46H2,1-6H3,(H,52,55)(H,53,56)/b19-17-,20-18-,25-23-,26-24-. The van der Waals surface area contributed by atoms with Crippen molar-refractivity contribution >= 4 is 18.0 Å². The van der Waals surface area contributed by atoms with E-state index in [1.54, 1.807) is 0 Å². The molecule has 2 amide bonds. The number of alkyl carbamates (subject to hydrolysis) is 1. The van der Waals surface area contributed by atoms with Crippen molar-refractivity contribution in [3.63, 3.8) is 0 Å². The van der Waals surface area contributed by atoms with Gasteiger partial charge in [0.15, 0.2) is 5.60 Å². The molecular weight excluding hydrogens is 721 g/mol. The van der Waals surface area contributed by atoms with Crippen molar-refractivity contribution in [2.45, 2.75) is 245 Å². The Balaban J connectivity index is 5.08. The maximum absolute atomic E-state index is 13.9. The summed E-state index contributed by atoms with van der Waals surface area (Å²) in [5, 5.41) is 5.86. The van der Waals surface area contributed by atoms with Gasteiger partial charge in [0, 0.05) is 19.5 Å². The number of allylic oxidation sites excluding steroid dienone is 8. The summed E-state index contributed by atoms with van der Waals surface area (Å²) in [7, 11) is 0. The summed E-state index contributed by atoms with van der Waals surface area (Å²) in [6.07, 6.45) is 49.0. The number of ether oxygens (including phenoxy) is 2. The van der Waals surface area contributed by atoms with Gasteiger partial charge < -0.3 is 20.1 Å². The quantitative estimate of drug-likeness (QED) is 0.0366. The predicted molar refractivity (Wildman–Crippen MR) is 248 cm³/mol. The van der Waals surface area contributed by atoms with Gasteiger partial charge >= 0.3 is 12.1 Å². The second-order valence-corrected chi connectivity index (χ2v) is 17.3. The van der Waals surface area contributed by atoms with Crippen molar-refractivity contribution in [3.05, 3.63) is 48.6 Å². The molecule has 7 heteroatoms. The number of carbonyl (C=O) groups excluding carboxylic acids is 3. The molecule has 0 spiro atoms. The number of amides is 2. The van der Waals surface area contributed by atoms with E-state index in [2.05, 4.69) is 80.0 Å². The van der Waals surface area contributed by atoms with Gasteiger partial charge in [-0.2, -0.15) is 0 Å². The first-order valence-corrected chi connectivity index (χ1v) is 24.2. The molecule has 0 radical (unpaired) electrons. The van der Waals surface area contributed by atoms with E-state index < -0.39 is 17.3 Å². The molecular formula is C51H92N2O5. The summed E-state index contributed by atoms with van der Waals surface area (Å²) >= 11 is 0. The van der Waals surface area contributed by atoms with Crippen molar-refractivity contribution in [1.29, 1.82) is 0 Å². The molecule has 0 aromatic heterocycles. The van der Waals surface area contributed by atoms with Gasteiger partial charge in [0.05, 0.1) is 0 Å². The van der Waals surface area contributed by atoms with Gasteiger partial charge in [0.25, 0.3) is 5.91 Å². The van der Waals surface area contributed by atoms with Crippen LogP contribution in [0.1, 0.15) is 234 Å². The topological polar surface area (TPSA) is 93.7 Å². The number of hydrogen-bond donors (Lipinski definition) is 2. The lowest BCUT2D eigenvalue weighted by atomic mass is 9.88. The molecule has 2 N–H and O–H groups in total. The smallest absolute Gasteiger partial charge is 0.407 e. The Labute approximate surface area is 358 Å². The van der Waals surface area contributed by atoms with E-state index in [1.165, 1.54) is 89.9 Å². The second-order valence-electron chi connectivity index (χ2n) is 17.3. The molecule has 0 unspecified atom stereocenters. The van der Waals surface area contributed by atoms with Gasteiger partial charge in [-0.1, -0.05) is 153 Å². The molecule has 0 aliphatic carbocycles. The van der Waals surface area contributed by atoms with Crippen LogP contribution in [0, 0.1) is 0 Å². The van der Waals surface area contributed by atoms with Crippen LogP contribution in [0.2, 0.25) is 0 Å². The van der Waals surface area contributed by atoms with Crippen LogP contribution in [0.4, 0.5) is 4.79 Å². The van der Waals surface area contributed by atoms with Crippen LogP contribution in [-0.4, -0.2) is 42.3 Å². The number of unbranched alkanes of at least 4 members (excludes halogenated alkanes) is 19. The third-order valence-corrected chi connectivity index (χ3v) is 10.3. The third kappa shape index (κ3) is 36.3. The molecule has 58 heavy (non-hydrogen) atoms. The lowest BCUT2D eigenvalue weighted by Gasteiger charge is -2.33. The average Bonchev–Trinajstić information content (AvgIpc) is 3.18. The first-order chi connectivity index (χ1) is 28.1. The lowest BCUT2D eigenvalue weighted by molar-refractivity contribution is -0.171. The maximum atomic E-state index is 13.9. The van der Waals surface area contributed by atoms with Gasteiger partial charge in [0.2, 0.25) is 0 Å². The number of hydrogen-bond acceptors (Lipinski definition) is 5. The minimum absolute atomic E-state index is 0.132. The molecule has 0 atom stereocenters. The van der Waals surface area contributed by atoms with Gasteiger partial charge in [-0.15, -0.1) is 0 Å². The molecule has 0 fully saturated rings. The summed E-state index contributed by atoms with van der Waals surface area (Å²) < 4.78 is 11.6. The van der Waals surface area contributed by atoms with E-state index in [1.807, 2.05) is 20.8 Å². The van der Waals surface area contributed by atoms with E-state index in [0.29, 0.717) is 32.4 Å². The Morgan fingerprint density at radius 3 is 1.28 bits per heavy atom. The van der Waals surface area contributed by atoms with Crippen molar-refractivity contribution < 1.29 is 23.9 Å². The highest BCUT2D eigenvalue weighted by Gasteiger charge is 2.41. The minimum Gasteiger partial charge on any atom is -0.449 e. The fraction of sp³-hybridized carbons (Fsp3) is 0.784. The highest BCUT2D eigenvalue weighted by Crippen LogP contribution is 2.29. The van der Waals surface area contributed by atoms with Crippen molar-refractivity contribution in [2.24, 2.45) is 0 Å². The number of nitrogens with one attached hydrogen (secondary N) is 2. The van der Waals surface area contributed by atoms with Crippen molar-refractivity contribution in [3.8, 4) is 0 Å². The van der Waals surface area contributed by atoms with Crippen molar-refractivity contribution in [2.75, 3.05) is 13.1 Å². The molecule has 0 bridgehead atoms. The molecule has 0 saturated heterocycles. The SMILES string of the molecule is CCCCC/C=C\C/C=C\CCCCCCCCC(CCCCCCCC/C=C\C/C=C\CCCCC)(OC(=O)CCCNC(=O)OC(C)(C)C)C(=O)NCCCC.